The van der Waals surface area contributed by atoms with Crippen LogP contribution in [0.2, 0.25) is 0 Å². The van der Waals surface area contributed by atoms with E-state index in [-0.39, 0.29) is 17.8 Å². The Morgan fingerprint density at radius 3 is 2.23 bits per heavy atom. The van der Waals surface area contributed by atoms with E-state index in [2.05, 4.69) is 32.0 Å². The molecule has 3 heteroatoms. The van der Waals surface area contributed by atoms with Crippen LogP contribution in [-0.4, -0.2) is 19.7 Å². The summed E-state index contributed by atoms with van der Waals surface area (Å²) in [7, 11) is 1.68. The van der Waals surface area contributed by atoms with Crippen molar-refractivity contribution in [2.75, 3.05) is 13.7 Å². The number of hydrogen-bond acceptors (Lipinski definition) is 3. The molecule has 0 N–H and O–H groups in total. The molecule has 2 unspecified atom stereocenters. The maximum atomic E-state index is 13.0. The first-order valence-electron chi connectivity index (χ1n) is 9.29. The fraction of sp³-hybridized carbons (Fsp3) is 0.435. The van der Waals surface area contributed by atoms with Crippen LogP contribution in [0, 0.1) is 11.3 Å². The molecule has 2 rings (SSSR count). The quantitative estimate of drug-likeness (QED) is 0.608. The molecule has 0 fully saturated rings. The average Bonchev–Trinajstić information content (AvgIpc) is 2.66. The van der Waals surface area contributed by atoms with Gasteiger partial charge in [-0.15, -0.1) is 0 Å². The standard InChI is InChI=1S/C23H30O3/c1-6-26-22(24)23(4,17(2)3)20(16-18-12-8-7-9-13-18)19-14-10-11-15-21(19)25-5/h7-15,17,20H,6,16H2,1-5H3. The van der Waals surface area contributed by atoms with Gasteiger partial charge in [0.25, 0.3) is 0 Å². The summed E-state index contributed by atoms with van der Waals surface area (Å²) in [5.74, 6) is 0.715. The van der Waals surface area contributed by atoms with Gasteiger partial charge in [0, 0.05) is 5.92 Å². The van der Waals surface area contributed by atoms with Crippen molar-refractivity contribution in [1.82, 2.24) is 0 Å². The van der Waals surface area contributed by atoms with Crippen LogP contribution in [0.15, 0.2) is 54.6 Å². The summed E-state index contributed by atoms with van der Waals surface area (Å²) < 4.78 is 11.1. The third-order valence-corrected chi connectivity index (χ3v) is 5.44. The van der Waals surface area contributed by atoms with Crippen molar-refractivity contribution in [1.29, 1.82) is 0 Å². The SMILES string of the molecule is CCOC(=O)C(C)(C(C)C)C(Cc1ccccc1)c1ccccc1OC. The lowest BCUT2D eigenvalue weighted by molar-refractivity contribution is -0.159. The van der Waals surface area contributed by atoms with Crippen LogP contribution < -0.4 is 4.74 Å². The smallest absolute Gasteiger partial charge is 0.312 e. The minimum atomic E-state index is -0.666. The Hall–Kier alpha value is -2.29. The highest BCUT2D eigenvalue weighted by Gasteiger charge is 2.46. The predicted molar refractivity (Wildman–Crippen MR) is 105 cm³/mol. The maximum Gasteiger partial charge on any atom is 0.312 e. The van der Waals surface area contributed by atoms with E-state index < -0.39 is 5.41 Å². The van der Waals surface area contributed by atoms with E-state index in [0.717, 1.165) is 17.7 Å². The van der Waals surface area contributed by atoms with Crippen LogP contribution >= 0.6 is 0 Å². The summed E-state index contributed by atoms with van der Waals surface area (Å²) in [6, 6.07) is 18.3. The summed E-state index contributed by atoms with van der Waals surface area (Å²) >= 11 is 0. The number of para-hydroxylation sites is 1. The van der Waals surface area contributed by atoms with E-state index in [4.69, 9.17) is 9.47 Å². The molecule has 0 aliphatic rings. The van der Waals surface area contributed by atoms with Gasteiger partial charge in [0.15, 0.2) is 0 Å². The van der Waals surface area contributed by atoms with Gasteiger partial charge in [-0.25, -0.2) is 0 Å². The minimum absolute atomic E-state index is 0.0555. The summed E-state index contributed by atoms with van der Waals surface area (Å²) in [5, 5.41) is 0. The second kappa shape index (κ2) is 8.88. The highest BCUT2D eigenvalue weighted by molar-refractivity contribution is 5.78. The van der Waals surface area contributed by atoms with Crippen LogP contribution in [0.25, 0.3) is 0 Å². The number of ether oxygens (including phenoxy) is 2. The molecule has 0 aliphatic carbocycles. The highest BCUT2D eigenvalue weighted by Crippen LogP contribution is 2.47. The van der Waals surface area contributed by atoms with E-state index in [0.29, 0.717) is 6.61 Å². The number of benzene rings is 2. The normalized spacial score (nSPS) is 14.5. The van der Waals surface area contributed by atoms with Crippen molar-refractivity contribution < 1.29 is 14.3 Å². The summed E-state index contributed by atoms with van der Waals surface area (Å²) in [6.07, 6.45) is 0.745. The van der Waals surface area contributed by atoms with Gasteiger partial charge in [-0.3, -0.25) is 4.79 Å². The van der Waals surface area contributed by atoms with E-state index >= 15 is 0 Å². The second-order valence-electron chi connectivity index (χ2n) is 7.14. The molecule has 3 nitrogen and oxygen atoms in total. The van der Waals surface area contributed by atoms with Gasteiger partial charge in [0.1, 0.15) is 5.75 Å². The van der Waals surface area contributed by atoms with E-state index in [1.165, 1.54) is 5.56 Å². The molecule has 0 bridgehead atoms. The zero-order valence-electron chi connectivity index (χ0n) is 16.5. The molecule has 0 spiro atoms. The van der Waals surface area contributed by atoms with Crippen molar-refractivity contribution in [2.24, 2.45) is 11.3 Å². The summed E-state index contributed by atoms with van der Waals surface area (Å²) in [4.78, 5) is 13.0. The molecule has 2 aromatic carbocycles. The van der Waals surface area contributed by atoms with Crippen LogP contribution in [-0.2, 0) is 16.0 Å². The fourth-order valence-electron chi connectivity index (χ4n) is 3.52. The van der Waals surface area contributed by atoms with Gasteiger partial charge in [0.2, 0.25) is 0 Å². The Bertz CT molecular complexity index is 708. The zero-order chi connectivity index (χ0) is 19.2. The van der Waals surface area contributed by atoms with Gasteiger partial charge >= 0.3 is 5.97 Å². The molecule has 0 radical (unpaired) electrons. The lowest BCUT2D eigenvalue weighted by Gasteiger charge is -2.39. The highest BCUT2D eigenvalue weighted by atomic mass is 16.5. The first-order chi connectivity index (χ1) is 12.4. The molecule has 0 heterocycles. The third kappa shape index (κ3) is 4.09. The van der Waals surface area contributed by atoms with Crippen molar-refractivity contribution in [3.8, 4) is 5.75 Å². The molecule has 26 heavy (non-hydrogen) atoms. The lowest BCUT2D eigenvalue weighted by Crippen LogP contribution is -2.41. The van der Waals surface area contributed by atoms with E-state index in [9.17, 15) is 4.79 Å². The van der Waals surface area contributed by atoms with Gasteiger partial charge in [-0.2, -0.15) is 0 Å². The molecule has 2 atom stereocenters. The molecular weight excluding hydrogens is 324 g/mol. The zero-order valence-corrected chi connectivity index (χ0v) is 16.5. The Balaban J connectivity index is 2.59. The monoisotopic (exact) mass is 354 g/mol. The first kappa shape index (κ1) is 20.0. The third-order valence-electron chi connectivity index (χ3n) is 5.44. The fourth-order valence-corrected chi connectivity index (χ4v) is 3.52. The van der Waals surface area contributed by atoms with E-state index in [1.807, 2.05) is 50.2 Å². The molecule has 2 aromatic rings. The topological polar surface area (TPSA) is 35.5 Å². The lowest BCUT2D eigenvalue weighted by atomic mass is 9.64. The molecule has 0 aromatic heterocycles. The Kier molecular flexibility index (Phi) is 6.84. The molecule has 0 amide bonds. The van der Waals surface area contributed by atoms with Gasteiger partial charge in [-0.05, 0) is 43.4 Å². The van der Waals surface area contributed by atoms with Gasteiger partial charge in [-0.1, -0.05) is 62.4 Å². The van der Waals surface area contributed by atoms with Gasteiger partial charge < -0.3 is 9.47 Å². The minimum Gasteiger partial charge on any atom is -0.496 e. The largest absolute Gasteiger partial charge is 0.496 e. The van der Waals surface area contributed by atoms with Crippen molar-refractivity contribution >= 4 is 5.97 Å². The number of carbonyl (C=O) groups is 1. The molecular formula is C23H30O3. The Morgan fingerprint density at radius 1 is 1.04 bits per heavy atom. The number of rotatable bonds is 8. The molecule has 0 aliphatic heterocycles. The Morgan fingerprint density at radius 2 is 1.65 bits per heavy atom. The Labute approximate surface area is 157 Å². The second-order valence-corrected chi connectivity index (χ2v) is 7.14. The number of methoxy groups -OCH3 is 1. The van der Waals surface area contributed by atoms with Crippen LogP contribution in [0.3, 0.4) is 0 Å². The van der Waals surface area contributed by atoms with E-state index in [1.54, 1.807) is 7.11 Å². The molecule has 0 saturated heterocycles. The molecule has 0 saturated carbocycles. The maximum absolute atomic E-state index is 13.0. The number of esters is 1. The van der Waals surface area contributed by atoms with Crippen molar-refractivity contribution in [2.45, 2.75) is 40.0 Å². The van der Waals surface area contributed by atoms with Crippen molar-refractivity contribution in [3.05, 3.63) is 65.7 Å². The first-order valence-corrected chi connectivity index (χ1v) is 9.29. The predicted octanol–water partition coefficient (Wildman–Crippen LogP) is 5.25. The number of carbonyl (C=O) groups excluding carboxylic acids is 1. The van der Waals surface area contributed by atoms with Crippen LogP contribution in [0.1, 0.15) is 44.7 Å². The number of hydrogen-bond donors (Lipinski definition) is 0. The molecule has 140 valence electrons. The van der Waals surface area contributed by atoms with Crippen molar-refractivity contribution in [3.63, 3.8) is 0 Å². The summed E-state index contributed by atoms with van der Waals surface area (Å²) in [5.41, 5.74) is 1.57. The average molecular weight is 354 g/mol. The van der Waals surface area contributed by atoms with Gasteiger partial charge in [0.05, 0.1) is 19.1 Å². The summed E-state index contributed by atoms with van der Waals surface area (Å²) in [6.45, 7) is 8.43. The van der Waals surface area contributed by atoms with Crippen LogP contribution in [0.5, 0.6) is 5.75 Å². The van der Waals surface area contributed by atoms with Crippen LogP contribution in [0.4, 0.5) is 0 Å².